The molecular weight excluding hydrogens is 358 g/mol. The highest BCUT2D eigenvalue weighted by molar-refractivity contribution is 8.01. The van der Waals surface area contributed by atoms with Gasteiger partial charge in [0, 0.05) is 17.3 Å². The van der Waals surface area contributed by atoms with E-state index in [0.717, 1.165) is 25.8 Å². The van der Waals surface area contributed by atoms with Crippen LogP contribution in [0.1, 0.15) is 11.1 Å². The molecule has 0 spiro atoms. The Hall–Kier alpha value is -1.82. The van der Waals surface area contributed by atoms with E-state index in [1.54, 1.807) is 23.1 Å². The minimum absolute atomic E-state index is 0.646. The Bertz CT molecular complexity index is 803. The molecule has 0 bridgehead atoms. The largest absolute Gasteiger partial charge is 0.356 e. The highest BCUT2D eigenvalue weighted by atomic mass is 35.5. The van der Waals surface area contributed by atoms with E-state index in [-0.39, 0.29) is 0 Å². The lowest BCUT2D eigenvalue weighted by Gasteiger charge is -2.03. The van der Waals surface area contributed by atoms with Gasteiger partial charge in [-0.15, -0.1) is 10.2 Å². The van der Waals surface area contributed by atoms with Gasteiger partial charge in [-0.2, -0.15) is 0 Å². The van der Waals surface area contributed by atoms with Crippen LogP contribution in [-0.4, -0.2) is 16.0 Å². The van der Waals surface area contributed by atoms with Crippen molar-refractivity contribution in [2.75, 3.05) is 11.1 Å². The lowest BCUT2D eigenvalue weighted by Crippen LogP contribution is -1.99. The molecule has 1 aromatic heterocycles. The number of halogens is 1. The van der Waals surface area contributed by atoms with Crippen molar-refractivity contribution < 1.29 is 0 Å². The van der Waals surface area contributed by atoms with Gasteiger partial charge in [-0.3, -0.25) is 0 Å². The van der Waals surface area contributed by atoms with Crippen LogP contribution in [-0.2, 0) is 6.54 Å². The monoisotopic (exact) mass is 373 g/mol. The van der Waals surface area contributed by atoms with Crippen molar-refractivity contribution in [2.24, 2.45) is 0 Å². The fourth-order valence-electron chi connectivity index (χ4n) is 2.02. The summed E-state index contributed by atoms with van der Waals surface area (Å²) in [6.07, 6.45) is 4.25. The number of hydrogen-bond donors (Lipinski definition) is 1. The second kappa shape index (κ2) is 8.87. The molecule has 122 valence electrons. The maximum absolute atomic E-state index is 6.15. The number of aromatic nitrogens is 2. The number of hydrogen-bond acceptors (Lipinski definition) is 5. The van der Waals surface area contributed by atoms with Crippen molar-refractivity contribution in [3.63, 3.8) is 0 Å². The maximum atomic E-state index is 6.15. The summed E-state index contributed by atoms with van der Waals surface area (Å²) in [6, 6.07) is 18.1. The van der Waals surface area contributed by atoms with Gasteiger partial charge in [-0.05, 0) is 17.2 Å². The number of nitrogens with zero attached hydrogens (tertiary/aromatic N) is 2. The third-order valence-electron chi connectivity index (χ3n) is 3.21. The van der Waals surface area contributed by atoms with Gasteiger partial charge in [0.15, 0.2) is 4.34 Å². The third kappa shape index (κ3) is 5.09. The standard InChI is InChI=1S/C18H16ClN3S2/c19-16-11-5-4-10-15(16)13-20-17-21-22-18(24-17)23-12-6-9-14-7-2-1-3-8-14/h1-11H,12-13H2,(H,20,21)/b9-6+. The highest BCUT2D eigenvalue weighted by Gasteiger charge is 2.05. The van der Waals surface area contributed by atoms with E-state index >= 15 is 0 Å². The number of benzene rings is 2. The van der Waals surface area contributed by atoms with E-state index in [4.69, 9.17) is 11.6 Å². The SMILES string of the molecule is Clc1ccccc1CNc1nnc(SC/C=C/c2ccccc2)s1. The Morgan fingerprint density at radius 2 is 1.83 bits per heavy atom. The zero-order valence-electron chi connectivity index (χ0n) is 12.9. The van der Waals surface area contributed by atoms with Crippen LogP contribution in [0.2, 0.25) is 5.02 Å². The lowest BCUT2D eigenvalue weighted by atomic mass is 10.2. The van der Waals surface area contributed by atoms with E-state index in [1.807, 2.05) is 42.5 Å². The van der Waals surface area contributed by atoms with Crippen LogP contribution in [0.5, 0.6) is 0 Å². The molecule has 0 fully saturated rings. The fraction of sp³-hybridized carbons (Fsp3) is 0.111. The topological polar surface area (TPSA) is 37.8 Å². The van der Waals surface area contributed by atoms with E-state index < -0.39 is 0 Å². The summed E-state index contributed by atoms with van der Waals surface area (Å²) in [5.74, 6) is 0.869. The van der Waals surface area contributed by atoms with Crippen LogP contribution >= 0.6 is 34.7 Å². The highest BCUT2D eigenvalue weighted by Crippen LogP contribution is 2.26. The number of nitrogens with one attached hydrogen (secondary N) is 1. The first-order valence-electron chi connectivity index (χ1n) is 7.46. The van der Waals surface area contributed by atoms with Crippen molar-refractivity contribution in [2.45, 2.75) is 10.9 Å². The van der Waals surface area contributed by atoms with Crippen LogP contribution in [0.15, 0.2) is 65.0 Å². The van der Waals surface area contributed by atoms with Gasteiger partial charge in [-0.1, -0.05) is 95.4 Å². The molecular formula is C18H16ClN3S2. The first kappa shape index (κ1) is 17.0. The molecule has 3 rings (SSSR count). The minimum Gasteiger partial charge on any atom is -0.356 e. The van der Waals surface area contributed by atoms with Gasteiger partial charge in [0.2, 0.25) is 5.13 Å². The Kier molecular flexibility index (Phi) is 6.29. The summed E-state index contributed by atoms with van der Waals surface area (Å²) in [4.78, 5) is 0. The summed E-state index contributed by atoms with van der Waals surface area (Å²) in [5, 5.41) is 13.2. The molecule has 0 atom stereocenters. The zero-order chi connectivity index (χ0) is 16.6. The Morgan fingerprint density at radius 1 is 1.04 bits per heavy atom. The molecule has 1 heterocycles. The summed E-state index contributed by atoms with van der Waals surface area (Å²) >= 11 is 9.38. The molecule has 3 nitrogen and oxygen atoms in total. The second-order valence-corrected chi connectivity index (χ2v) is 7.59. The third-order valence-corrected chi connectivity index (χ3v) is 5.54. The smallest absolute Gasteiger partial charge is 0.206 e. The Morgan fingerprint density at radius 3 is 2.67 bits per heavy atom. The van der Waals surface area contributed by atoms with E-state index in [0.29, 0.717) is 6.54 Å². The average Bonchev–Trinajstić information content (AvgIpc) is 3.07. The number of rotatable bonds is 7. The first-order chi connectivity index (χ1) is 11.8. The minimum atomic E-state index is 0.646. The average molecular weight is 374 g/mol. The maximum Gasteiger partial charge on any atom is 0.206 e. The van der Waals surface area contributed by atoms with Crippen LogP contribution in [0.25, 0.3) is 6.08 Å². The Balaban J connectivity index is 1.47. The van der Waals surface area contributed by atoms with Gasteiger partial charge in [0.25, 0.3) is 0 Å². The van der Waals surface area contributed by atoms with Gasteiger partial charge in [0.1, 0.15) is 0 Å². The van der Waals surface area contributed by atoms with E-state index in [9.17, 15) is 0 Å². The molecule has 6 heteroatoms. The van der Waals surface area contributed by atoms with Crippen LogP contribution in [0.3, 0.4) is 0 Å². The van der Waals surface area contributed by atoms with Gasteiger partial charge in [-0.25, -0.2) is 0 Å². The normalized spacial score (nSPS) is 11.0. The molecule has 24 heavy (non-hydrogen) atoms. The van der Waals surface area contributed by atoms with Crippen molar-refractivity contribution >= 4 is 45.9 Å². The molecule has 0 radical (unpaired) electrons. The summed E-state index contributed by atoms with van der Waals surface area (Å²) in [6.45, 7) is 0.646. The molecule has 0 aliphatic carbocycles. The van der Waals surface area contributed by atoms with E-state index in [2.05, 4.69) is 39.8 Å². The predicted octanol–water partition coefficient (Wildman–Crippen LogP) is 5.61. The van der Waals surface area contributed by atoms with Gasteiger partial charge < -0.3 is 5.32 Å². The fourth-order valence-corrected chi connectivity index (χ4v) is 3.81. The van der Waals surface area contributed by atoms with Crippen molar-refractivity contribution in [3.8, 4) is 0 Å². The Labute approximate surface area is 154 Å². The van der Waals surface area contributed by atoms with Crippen LogP contribution < -0.4 is 5.32 Å². The molecule has 3 aromatic rings. The van der Waals surface area contributed by atoms with E-state index in [1.165, 1.54) is 5.56 Å². The van der Waals surface area contributed by atoms with Crippen molar-refractivity contribution in [1.29, 1.82) is 0 Å². The number of anilines is 1. The molecule has 0 saturated heterocycles. The molecule has 0 saturated carbocycles. The summed E-state index contributed by atoms with van der Waals surface area (Å²) in [5.41, 5.74) is 2.26. The summed E-state index contributed by atoms with van der Waals surface area (Å²) in [7, 11) is 0. The van der Waals surface area contributed by atoms with Gasteiger partial charge in [0.05, 0.1) is 0 Å². The molecule has 2 aromatic carbocycles. The lowest BCUT2D eigenvalue weighted by molar-refractivity contribution is 0.996. The predicted molar refractivity (Wildman–Crippen MR) is 105 cm³/mol. The van der Waals surface area contributed by atoms with Gasteiger partial charge >= 0.3 is 0 Å². The summed E-state index contributed by atoms with van der Waals surface area (Å²) < 4.78 is 0.953. The van der Waals surface area contributed by atoms with Crippen molar-refractivity contribution in [3.05, 3.63) is 76.8 Å². The molecule has 0 unspecified atom stereocenters. The first-order valence-corrected chi connectivity index (χ1v) is 9.64. The molecule has 0 aliphatic heterocycles. The number of thioether (sulfide) groups is 1. The molecule has 0 amide bonds. The molecule has 1 N–H and O–H groups in total. The zero-order valence-corrected chi connectivity index (χ0v) is 15.2. The molecule has 0 aliphatic rings. The second-order valence-electron chi connectivity index (χ2n) is 4.94. The quantitative estimate of drug-likeness (QED) is 0.546. The van der Waals surface area contributed by atoms with Crippen LogP contribution in [0.4, 0.5) is 5.13 Å². The van der Waals surface area contributed by atoms with Crippen LogP contribution in [0, 0.1) is 0 Å². The van der Waals surface area contributed by atoms with Crippen molar-refractivity contribution in [1.82, 2.24) is 10.2 Å².